The Bertz CT molecular complexity index is 553. The van der Waals surface area contributed by atoms with Crippen molar-refractivity contribution in [3.05, 3.63) is 22.1 Å². The van der Waals surface area contributed by atoms with Crippen LogP contribution in [0.3, 0.4) is 0 Å². The van der Waals surface area contributed by atoms with Gasteiger partial charge in [-0.05, 0) is 31.5 Å². The third-order valence-corrected chi connectivity index (χ3v) is 4.33. The average molecular weight is 285 g/mol. The van der Waals surface area contributed by atoms with Gasteiger partial charge >= 0.3 is 0 Å². The van der Waals surface area contributed by atoms with Crippen LogP contribution in [-0.4, -0.2) is 20.2 Å². The van der Waals surface area contributed by atoms with Crippen molar-refractivity contribution in [2.75, 3.05) is 0 Å². The van der Waals surface area contributed by atoms with E-state index in [1.807, 2.05) is 6.92 Å². The Kier molecular flexibility index (Phi) is 3.02. The number of aromatic nitrogens is 4. The van der Waals surface area contributed by atoms with E-state index in [2.05, 4.69) is 20.2 Å². The van der Waals surface area contributed by atoms with Crippen LogP contribution in [0.15, 0.2) is 15.4 Å². The molecule has 0 unspecified atom stereocenters. The van der Waals surface area contributed by atoms with E-state index in [0.717, 1.165) is 20.2 Å². The van der Waals surface area contributed by atoms with Gasteiger partial charge in [0.1, 0.15) is 21.0 Å². The summed E-state index contributed by atoms with van der Waals surface area (Å²) < 4.78 is 0.888. The number of hydrogen-bond donors (Lipinski definition) is 0. The van der Waals surface area contributed by atoms with E-state index in [0.29, 0.717) is 11.1 Å². The SMILES string of the molecule is Cc1nnc(Sc2cc(Cl)nc(C3CC3)n2)s1. The molecular formula is C10H9ClN4S2. The van der Waals surface area contributed by atoms with Crippen molar-refractivity contribution in [2.45, 2.75) is 35.0 Å². The molecule has 2 aromatic rings. The first kappa shape index (κ1) is 11.4. The number of nitrogens with zero attached hydrogens (tertiary/aromatic N) is 4. The van der Waals surface area contributed by atoms with E-state index >= 15 is 0 Å². The van der Waals surface area contributed by atoms with Crippen LogP contribution in [0.1, 0.15) is 29.6 Å². The van der Waals surface area contributed by atoms with Gasteiger partial charge in [-0.1, -0.05) is 22.9 Å². The van der Waals surface area contributed by atoms with Crippen LogP contribution in [0, 0.1) is 6.92 Å². The molecule has 88 valence electrons. The van der Waals surface area contributed by atoms with Crippen LogP contribution in [0.4, 0.5) is 0 Å². The zero-order chi connectivity index (χ0) is 11.8. The van der Waals surface area contributed by atoms with Gasteiger partial charge < -0.3 is 0 Å². The first-order chi connectivity index (χ1) is 8.20. The number of rotatable bonds is 3. The minimum atomic E-state index is 0.504. The van der Waals surface area contributed by atoms with Crippen molar-refractivity contribution in [2.24, 2.45) is 0 Å². The minimum absolute atomic E-state index is 0.504. The molecule has 2 aromatic heterocycles. The van der Waals surface area contributed by atoms with Gasteiger partial charge in [0.05, 0.1) is 0 Å². The second-order valence-electron chi connectivity index (χ2n) is 3.85. The molecule has 0 bridgehead atoms. The molecule has 1 fully saturated rings. The smallest absolute Gasteiger partial charge is 0.180 e. The average Bonchev–Trinajstić information content (AvgIpc) is 3.03. The van der Waals surface area contributed by atoms with Gasteiger partial charge in [0.15, 0.2) is 4.34 Å². The summed E-state index contributed by atoms with van der Waals surface area (Å²) in [6, 6.07) is 1.77. The highest BCUT2D eigenvalue weighted by atomic mass is 35.5. The van der Waals surface area contributed by atoms with Crippen LogP contribution in [0.5, 0.6) is 0 Å². The lowest BCUT2D eigenvalue weighted by Gasteiger charge is -2.01. The lowest BCUT2D eigenvalue weighted by atomic mass is 10.4. The van der Waals surface area contributed by atoms with Gasteiger partial charge in [-0.25, -0.2) is 9.97 Å². The summed E-state index contributed by atoms with van der Waals surface area (Å²) in [5, 5.41) is 10.3. The van der Waals surface area contributed by atoms with E-state index in [1.54, 1.807) is 17.4 Å². The van der Waals surface area contributed by atoms with Gasteiger partial charge in [-0.15, -0.1) is 10.2 Å². The van der Waals surface area contributed by atoms with Crippen LogP contribution in [0.2, 0.25) is 5.15 Å². The summed E-state index contributed by atoms with van der Waals surface area (Å²) in [7, 11) is 0. The van der Waals surface area contributed by atoms with Crippen molar-refractivity contribution in [1.82, 2.24) is 20.2 Å². The maximum Gasteiger partial charge on any atom is 0.180 e. The molecule has 2 heterocycles. The molecule has 4 nitrogen and oxygen atoms in total. The minimum Gasteiger partial charge on any atom is -0.226 e. The largest absolute Gasteiger partial charge is 0.226 e. The summed E-state index contributed by atoms with van der Waals surface area (Å²) in [6.45, 7) is 1.93. The zero-order valence-corrected chi connectivity index (χ0v) is 11.4. The summed E-state index contributed by atoms with van der Waals surface area (Å²) >= 11 is 9.04. The van der Waals surface area contributed by atoms with Crippen molar-refractivity contribution in [1.29, 1.82) is 0 Å². The van der Waals surface area contributed by atoms with E-state index in [9.17, 15) is 0 Å². The van der Waals surface area contributed by atoms with Gasteiger partial charge in [0, 0.05) is 12.0 Å². The molecule has 0 aromatic carbocycles. The molecule has 0 radical (unpaired) electrons. The second-order valence-corrected chi connectivity index (χ2v) is 6.69. The van der Waals surface area contributed by atoms with E-state index < -0.39 is 0 Å². The predicted octanol–water partition coefficient (Wildman–Crippen LogP) is 3.32. The number of aryl methyl sites for hydroxylation is 1. The normalized spacial score (nSPS) is 15.2. The van der Waals surface area contributed by atoms with Gasteiger partial charge in [0.25, 0.3) is 0 Å². The Morgan fingerprint density at radius 1 is 1.35 bits per heavy atom. The van der Waals surface area contributed by atoms with Crippen LogP contribution < -0.4 is 0 Å². The lowest BCUT2D eigenvalue weighted by Crippen LogP contribution is -1.94. The summed E-state index contributed by atoms with van der Waals surface area (Å²) in [5.74, 6) is 1.37. The quantitative estimate of drug-likeness (QED) is 0.809. The highest BCUT2D eigenvalue weighted by molar-refractivity contribution is 8.01. The van der Waals surface area contributed by atoms with Gasteiger partial charge in [-0.2, -0.15) is 0 Å². The zero-order valence-electron chi connectivity index (χ0n) is 9.05. The molecule has 0 atom stereocenters. The van der Waals surface area contributed by atoms with Crippen molar-refractivity contribution in [3.8, 4) is 0 Å². The maximum absolute atomic E-state index is 6.00. The molecule has 0 aliphatic heterocycles. The highest BCUT2D eigenvalue weighted by Gasteiger charge is 2.27. The Morgan fingerprint density at radius 2 is 2.18 bits per heavy atom. The van der Waals surface area contributed by atoms with Crippen molar-refractivity contribution < 1.29 is 0 Å². The standard InChI is InChI=1S/C10H9ClN4S2/c1-5-14-15-10(16-5)17-8-4-7(11)12-9(13-8)6-2-3-6/h4,6H,2-3H2,1H3. The fourth-order valence-corrected chi connectivity index (χ4v) is 3.42. The Labute approximate surface area is 112 Å². The Morgan fingerprint density at radius 3 is 2.82 bits per heavy atom. The van der Waals surface area contributed by atoms with E-state index in [1.165, 1.54) is 24.6 Å². The number of halogens is 1. The molecule has 7 heteroatoms. The fraction of sp³-hybridized carbons (Fsp3) is 0.400. The van der Waals surface area contributed by atoms with Crippen LogP contribution in [-0.2, 0) is 0 Å². The fourth-order valence-electron chi connectivity index (χ4n) is 1.40. The van der Waals surface area contributed by atoms with E-state index in [-0.39, 0.29) is 0 Å². The van der Waals surface area contributed by atoms with E-state index in [4.69, 9.17) is 11.6 Å². The number of hydrogen-bond acceptors (Lipinski definition) is 6. The van der Waals surface area contributed by atoms with Crippen molar-refractivity contribution in [3.63, 3.8) is 0 Å². The highest BCUT2D eigenvalue weighted by Crippen LogP contribution is 2.39. The summed E-state index contributed by atoms with van der Waals surface area (Å²) in [6.07, 6.45) is 2.34. The molecule has 0 amide bonds. The van der Waals surface area contributed by atoms with Gasteiger partial charge in [-0.3, -0.25) is 0 Å². The lowest BCUT2D eigenvalue weighted by molar-refractivity contribution is 0.876. The molecule has 3 rings (SSSR count). The summed E-state index contributed by atoms with van der Waals surface area (Å²) in [4.78, 5) is 8.76. The maximum atomic E-state index is 6.00. The Hall–Kier alpha value is -0.720. The molecule has 17 heavy (non-hydrogen) atoms. The first-order valence-corrected chi connectivity index (χ1v) is 7.24. The second kappa shape index (κ2) is 4.51. The third-order valence-electron chi connectivity index (χ3n) is 2.33. The predicted molar refractivity (Wildman–Crippen MR) is 67.8 cm³/mol. The molecule has 1 aliphatic rings. The van der Waals surface area contributed by atoms with Crippen LogP contribution in [0.25, 0.3) is 0 Å². The molecule has 1 aliphatic carbocycles. The van der Waals surface area contributed by atoms with Crippen LogP contribution >= 0.6 is 34.7 Å². The monoisotopic (exact) mass is 284 g/mol. The first-order valence-electron chi connectivity index (χ1n) is 5.23. The third kappa shape index (κ3) is 2.75. The Balaban J connectivity index is 1.86. The molecule has 1 saturated carbocycles. The molecule has 0 N–H and O–H groups in total. The van der Waals surface area contributed by atoms with Gasteiger partial charge in [0.2, 0.25) is 0 Å². The topological polar surface area (TPSA) is 51.6 Å². The van der Waals surface area contributed by atoms with Crippen molar-refractivity contribution >= 4 is 34.7 Å². The molecule has 0 saturated heterocycles. The molecular weight excluding hydrogens is 276 g/mol. The summed E-state index contributed by atoms with van der Waals surface area (Å²) in [5.41, 5.74) is 0. The molecule has 0 spiro atoms.